The molecule has 1 N–H and O–H groups in total. The minimum absolute atomic E-state index is 0.169. The molecule has 0 aliphatic heterocycles. The zero-order valence-corrected chi connectivity index (χ0v) is 12.8. The number of unbranched alkanes of at least 4 members (excludes halogenated alkanes) is 2. The summed E-state index contributed by atoms with van der Waals surface area (Å²) in [6, 6.07) is 7.73. The van der Waals surface area contributed by atoms with Crippen LogP contribution in [0.15, 0.2) is 24.3 Å². The first-order valence-electron chi connectivity index (χ1n) is 7.52. The van der Waals surface area contributed by atoms with Gasteiger partial charge in [0.15, 0.2) is 0 Å². The van der Waals surface area contributed by atoms with Crippen molar-refractivity contribution in [3.8, 4) is 0 Å². The molecule has 0 radical (unpaired) electrons. The van der Waals surface area contributed by atoms with E-state index in [1.165, 1.54) is 24.8 Å². The van der Waals surface area contributed by atoms with Gasteiger partial charge in [-0.1, -0.05) is 57.9 Å². The third kappa shape index (κ3) is 7.89. The van der Waals surface area contributed by atoms with Gasteiger partial charge >= 0.3 is 0 Å². The SMILES string of the molecule is CC.CCCCCc1ccc(C(O)CC[N+](=O)[O-])cc1. The first kappa shape index (κ1) is 18.6. The van der Waals surface area contributed by atoms with E-state index >= 15 is 0 Å². The second kappa shape index (κ2) is 11.4. The number of aliphatic hydroxyl groups excluding tert-OH is 1. The van der Waals surface area contributed by atoms with Crippen LogP contribution in [0.5, 0.6) is 0 Å². The van der Waals surface area contributed by atoms with Gasteiger partial charge < -0.3 is 5.11 Å². The van der Waals surface area contributed by atoms with Crippen LogP contribution in [0, 0.1) is 10.1 Å². The lowest BCUT2D eigenvalue weighted by Gasteiger charge is -2.09. The lowest BCUT2D eigenvalue weighted by atomic mass is 10.0. The topological polar surface area (TPSA) is 63.4 Å². The molecule has 0 saturated carbocycles. The van der Waals surface area contributed by atoms with E-state index in [2.05, 4.69) is 6.92 Å². The Labute approximate surface area is 122 Å². The van der Waals surface area contributed by atoms with Crippen LogP contribution in [0.25, 0.3) is 0 Å². The molecule has 4 heteroatoms. The molecule has 1 atom stereocenters. The summed E-state index contributed by atoms with van der Waals surface area (Å²) < 4.78 is 0. The van der Waals surface area contributed by atoms with Crippen LogP contribution < -0.4 is 0 Å². The molecule has 1 rings (SSSR count). The second-order valence-electron chi connectivity index (χ2n) is 4.56. The first-order chi connectivity index (χ1) is 9.63. The molecule has 1 aromatic carbocycles. The molecular weight excluding hydrogens is 254 g/mol. The largest absolute Gasteiger partial charge is 0.388 e. The highest BCUT2D eigenvalue weighted by atomic mass is 16.6. The number of rotatable bonds is 8. The summed E-state index contributed by atoms with van der Waals surface area (Å²) in [6.45, 7) is 5.98. The number of aryl methyl sites for hydroxylation is 1. The highest BCUT2D eigenvalue weighted by Gasteiger charge is 2.10. The number of benzene rings is 1. The molecule has 4 nitrogen and oxygen atoms in total. The molecule has 1 unspecified atom stereocenters. The third-order valence-corrected chi connectivity index (χ3v) is 3.02. The van der Waals surface area contributed by atoms with E-state index in [0.717, 1.165) is 12.0 Å². The average molecular weight is 281 g/mol. The summed E-state index contributed by atoms with van der Waals surface area (Å²) in [6.07, 6.45) is 4.10. The fraction of sp³-hybridized carbons (Fsp3) is 0.625. The predicted octanol–water partition coefficient (Wildman–Crippen LogP) is 4.15. The Morgan fingerprint density at radius 2 is 1.80 bits per heavy atom. The van der Waals surface area contributed by atoms with Gasteiger partial charge in [-0.2, -0.15) is 0 Å². The van der Waals surface area contributed by atoms with Gasteiger partial charge in [-0.05, 0) is 24.0 Å². The van der Waals surface area contributed by atoms with Gasteiger partial charge in [-0.15, -0.1) is 0 Å². The summed E-state index contributed by atoms with van der Waals surface area (Å²) in [4.78, 5) is 9.83. The quantitative estimate of drug-likeness (QED) is 0.442. The Kier molecular flexibility index (Phi) is 10.6. The Hall–Kier alpha value is -1.42. The van der Waals surface area contributed by atoms with E-state index < -0.39 is 11.0 Å². The van der Waals surface area contributed by atoms with Crippen LogP contribution in [-0.4, -0.2) is 16.6 Å². The van der Waals surface area contributed by atoms with Gasteiger partial charge in [0.25, 0.3) is 0 Å². The molecule has 0 saturated heterocycles. The fourth-order valence-electron chi connectivity index (χ4n) is 1.88. The highest BCUT2D eigenvalue weighted by molar-refractivity contribution is 5.24. The van der Waals surface area contributed by atoms with E-state index in [0.29, 0.717) is 0 Å². The number of aliphatic hydroxyl groups is 1. The normalized spacial score (nSPS) is 11.4. The van der Waals surface area contributed by atoms with Crippen molar-refractivity contribution in [1.82, 2.24) is 0 Å². The summed E-state index contributed by atoms with van der Waals surface area (Å²) >= 11 is 0. The maximum absolute atomic E-state index is 10.2. The van der Waals surface area contributed by atoms with E-state index in [1.54, 1.807) is 0 Å². The second-order valence-corrected chi connectivity index (χ2v) is 4.56. The molecular formula is C16H27NO3. The Morgan fingerprint density at radius 1 is 1.20 bits per heavy atom. The summed E-state index contributed by atoms with van der Waals surface area (Å²) in [7, 11) is 0. The van der Waals surface area contributed by atoms with Crippen molar-refractivity contribution in [2.24, 2.45) is 0 Å². The molecule has 1 aromatic rings. The van der Waals surface area contributed by atoms with Crippen molar-refractivity contribution in [1.29, 1.82) is 0 Å². The van der Waals surface area contributed by atoms with Gasteiger partial charge in [0.05, 0.1) is 6.10 Å². The van der Waals surface area contributed by atoms with Crippen molar-refractivity contribution in [2.45, 2.75) is 59.0 Å². The molecule has 0 bridgehead atoms. The molecule has 20 heavy (non-hydrogen) atoms. The van der Waals surface area contributed by atoms with Crippen LogP contribution in [0.2, 0.25) is 0 Å². The molecule has 0 aromatic heterocycles. The number of nitrogens with zero attached hydrogens (tertiary/aromatic N) is 1. The van der Waals surface area contributed by atoms with Gasteiger partial charge in [-0.3, -0.25) is 10.1 Å². The maximum atomic E-state index is 10.2. The van der Waals surface area contributed by atoms with Gasteiger partial charge in [0.1, 0.15) is 0 Å². The van der Waals surface area contributed by atoms with Gasteiger partial charge in [0, 0.05) is 11.3 Å². The molecule has 0 fully saturated rings. The Morgan fingerprint density at radius 3 is 2.30 bits per heavy atom. The smallest absolute Gasteiger partial charge is 0.206 e. The van der Waals surface area contributed by atoms with Crippen molar-refractivity contribution in [3.05, 3.63) is 45.5 Å². The van der Waals surface area contributed by atoms with Crippen LogP contribution in [0.4, 0.5) is 0 Å². The highest BCUT2D eigenvalue weighted by Crippen LogP contribution is 2.18. The van der Waals surface area contributed by atoms with Crippen LogP contribution in [-0.2, 0) is 6.42 Å². The molecule has 0 heterocycles. The van der Waals surface area contributed by atoms with E-state index in [1.807, 2.05) is 38.1 Å². The molecule has 0 spiro atoms. The number of hydrogen-bond acceptors (Lipinski definition) is 3. The van der Waals surface area contributed by atoms with Crippen molar-refractivity contribution in [2.75, 3.05) is 6.54 Å². The van der Waals surface area contributed by atoms with Crippen LogP contribution >= 0.6 is 0 Å². The number of nitro groups is 1. The van der Waals surface area contributed by atoms with Gasteiger partial charge in [0.2, 0.25) is 6.54 Å². The lowest BCUT2D eigenvalue weighted by Crippen LogP contribution is -2.07. The zero-order valence-electron chi connectivity index (χ0n) is 12.8. The number of hydrogen-bond donors (Lipinski definition) is 1. The monoisotopic (exact) mass is 281 g/mol. The van der Waals surface area contributed by atoms with Crippen molar-refractivity contribution >= 4 is 0 Å². The van der Waals surface area contributed by atoms with Crippen LogP contribution in [0.1, 0.15) is 63.7 Å². The Bertz CT molecular complexity index is 362. The molecule has 114 valence electrons. The van der Waals surface area contributed by atoms with Crippen LogP contribution in [0.3, 0.4) is 0 Å². The molecule has 0 aliphatic rings. The molecule has 0 aliphatic carbocycles. The summed E-state index contributed by atoms with van der Waals surface area (Å²) in [5.41, 5.74) is 2.02. The molecule has 0 amide bonds. The zero-order chi connectivity index (χ0) is 15.4. The van der Waals surface area contributed by atoms with Crippen molar-refractivity contribution < 1.29 is 10.0 Å². The standard InChI is InChI=1S/C14H21NO3.C2H6/c1-2-3-4-5-12-6-8-13(9-7-12)14(16)10-11-15(17)18;1-2/h6-9,14,16H,2-5,10-11H2,1H3;1-2H3. The predicted molar refractivity (Wildman–Crippen MR) is 82.5 cm³/mol. The fourth-order valence-corrected chi connectivity index (χ4v) is 1.88. The van der Waals surface area contributed by atoms with Gasteiger partial charge in [-0.25, -0.2) is 0 Å². The van der Waals surface area contributed by atoms with Crippen molar-refractivity contribution in [3.63, 3.8) is 0 Å². The van der Waals surface area contributed by atoms with E-state index in [9.17, 15) is 15.2 Å². The first-order valence-corrected chi connectivity index (χ1v) is 7.52. The maximum Gasteiger partial charge on any atom is 0.206 e. The minimum atomic E-state index is -0.736. The summed E-state index contributed by atoms with van der Waals surface area (Å²) in [5, 5.41) is 20.0. The summed E-state index contributed by atoms with van der Waals surface area (Å²) in [5.74, 6) is 0. The van der Waals surface area contributed by atoms with E-state index in [-0.39, 0.29) is 13.0 Å². The lowest BCUT2D eigenvalue weighted by molar-refractivity contribution is -0.482. The van der Waals surface area contributed by atoms with E-state index in [4.69, 9.17) is 0 Å². The average Bonchev–Trinajstić information content (AvgIpc) is 2.48. The third-order valence-electron chi connectivity index (χ3n) is 3.02. The minimum Gasteiger partial charge on any atom is -0.388 e. The Balaban J connectivity index is 0.00000172.